The number of ether oxygens (including phenoxy) is 1. The molecule has 0 heterocycles. The van der Waals surface area contributed by atoms with Crippen LogP contribution in [0.2, 0.25) is 0 Å². The molecule has 0 radical (unpaired) electrons. The first kappa shape index (κ1) is 15.7. The molecular formula is C14H22O3. The summed E-state index contributed by atoms with van der Waals surface area (Å²) < 4.78 is 4.68. The van der Waals surface area contributed by atoms with E-state index in [1.807, 2.05) is 12.1 Å². The van der Waals surface area contributed by atoms with E-state index in [9.17, 15) is 4.79 Å². The van der Waals surface area contributed by atoms with Gasteiger partial charge in [0.05, 0.1) is 12.7 Å². The minimum absolute atomic E-state index is 0.257. The maximum Gasteiger partial charge on any atom is 0.337 e. The molecule has 1 N–H and O–H groups in total. The molecule has 0 saturated carbocycles. The Morgan fingerprint density at radius 1 is 1.29 bits per heavy atom. The van der Waals surface area contributed by atoms with E-state index in [0.29, 0.717) is 5.56 Å². The second-order valence-corrected chi connectivity index (χ2v) is 3.65. The molecule has 0 unspecified atom stereocenters. The van der Waals surface area contributed by atoms with E-state index < -0.39 is 0 Å². The number of carbonyl (C=O) groups is 1. The lowest BCUT2D eigenvalue weighted by Crippen LogP contribution is -2.01. The zero-order chi connectivity index (χ0) is 13.1. The van der Waals surface area contributed by atoms with E-state index in [0.717, 1.165) is 13.5 Å². The minimum Gasteiger partial charge on any atom is -0.465 e. The molecule has 0 fully saturated rings. The Hall–Kier alpha value is -1.35. The Morgan fingerprint density at radius 3 is 2.59 bits per heavy atom. The summed E-state index contributed by atoms with van der Waals surface area (Å²) in [5, 5.41) is 7.00. The van der Waals surface area contributed by atoms with Crippen molar-refractivity contribution in [2.75, 3.05) is 14.2 Å². The number of aliphatic hydroxyl groups excluding tert-OH is 1. The van der Waals surface area contributed by atoms with Gasteiger partial charge in [-0.2, -0.15) is 0 Å². The summed E-state index contributed by atoms with van der Waals surface area (Å²) in [6.07, 6.45) is 4.68. The molecule has 0 saturated heterocycles. The van der Waals surface area contributed by atoms with Crippen LogP contribution < -0.4 is 0 Å². The fraction of sp³-hybridized carbons (Fsp3) is 0.500. The number of aryl methyl sites for hydroxylation is 1. The van der Waals surface area contributed by atoms with E-state index in [2.05, 4.69) is 17.7 Å². The fourth-order valence-electron chi connectivity index (χ4n) is 1.55. The lowest BCUT2D eigenvalue weighted by Gasteiger charge is -2.03. The first-order valence-electron chi connectivity index (χ1n) is 5.90. The number of carbonyl (C=O) groups excluding carboxylic acids is 1. The molecule has 1 rings (SSSR count). The summed E-state index contributed by atoms with van der Waals surface area (Å²) in [4.78, 5) is 11.3. The lowest BCUT2D eigenvalue weighted by atomic mass is 10.0. The number of methoxy groups -OCH3 is 1. The first-order valence-corrected chi connectivity index (χ1v) is 5.90. The molecule has 0 aromatic heterocycles. The fourth-order valence-corrected chi connectivity index (χ4v) is 1.55. The number of aliphatic hydroxyl groups is 1. The van der Waals surface area contributed by atoms with Gasteiger partial charge in [-0.25, -0.2) is 4.79 Å². The molecule has 3 nitrogen and oxygen atoms in total. The number of rotatable bonds is 5. The third-order valence-corrected chi connectivity index (χ3v) is 2.42. The van der Waals surface area contributed by atoms with Gasteiger partial charge in [-0.05, 0) is 30.5 Å². The SMILES string of the molecule is CCCCCc1cccc(C(=O)OC)c1.CO. The predicted molar refractivity (Wildman–Crippen MR) is 69.2 cm³/mol. The molecule has 0 spiro atoms. The summed E-state index contributed by atoms with van der Waals surface area (Å²) in [6, 6.07) is 7.67. The number of unbranched alkanes of at least 4 members (excludes halogenated alkanes) is 2. The number of hydrogen-bond donors (Lipinski definition) is 1. The van der Waals surface area contributed by atoms with Crippen LogP contribution in [-0.4, -0.2) is 25.3 Å². The Morgan fingerprint density at radius 2 is 2.00 bits per heavy atom. The van der Waals surface area contributed by atoms with E-state index in [1.54, 1.807) is 6.07 Å². The van der Waals surface area contributed by atoms with Crippen molar-refractivity contribution in [3.05, 3.63) is 35.4 Å². The molecule has 0 aliphatic rings. The highest BCUT2D eigenvalue weighted by Gasteiger charge is 2.04. The van der Waals surface area contributed by atoms with Gasteiger partial charge in [0.2, 0.25) is 0 Å². The van der Waals surface area contributed by atoms with Crippen molar-refractivity contribution in [2.24, 2.45) is 0 Å². The Labute approximate surface area is 103 Å². The van der Waals surface area contributed by atoms with Crippen molar-refractivity contribution in [1.82, 2.24) is 0 Å². The molecule has 0 aliphatic heterocycles. The van der Waals surface area contributed by atoms with Crippen LogP contribution in [0.25, 0.3) is 0 Å². The zero-order valence-electron chi connectivity index (χ0n) is 10.9. The van der Waals surface area contributed by atoms with Crippen molar-refractivity contribution in [3.63, 3.8) is 0 Å². The third kappa shape index (κ3) is 6.07. The van der Waals surface area contributed by atoms with Crippen molar-refractivity contribution in [3.8, 4) is 0 Å². The molecular weight excluding hydrogens is 216 g/mol. The summed E-state index contributed by atoms with van der Waals surface area (Å²) in [7, 11) is 2.41. The van der Waals surface area contributed by atoms with Gasteiger partial charge in [-0.15, -0.1) is 0 Å². The molecule has 0 aliphatic carbocycles. The van der Waals surface area contributed by atoms with Crippen LogP contribution in [0.1, 0.15) is 42.1 Å². The van der Waals surface area contributed by atoms with Gasteiger partial charge in [-0.1, -0.05) is 31.9 Å². The predicted octanol–water partition coefficient (Wildman–Crippen LogP) is 2.81. The number of hydrogen-bond acceptors (Lipinski definition) is 3. The largest absolute Gasteiger partial charge is 0.465 e. The third-order valence-electron chi connectivity index (χ3n) is 2.42. The van der Waals surface area contributed by atoms with Crippen LogP contribution in [0.15, 0.2) is 24.3 Å². The van der Waals surface area contributed by atoms with Crippen molar-refractivity contribution >= 4 is 5.97 Å². The highest BCUT2D eigenvalue weighted by molar-refractivity contribution is 5.89. The average molecular weight is 238 g/mol. The Bertz CT molecular complexity index is 321. The van der Waals surface area contributed by atoms with Gasteiger partial charge in [0.15, 0.2) is 0 Å². The molecule has 3 heteroatoms. The van der Waals surface area contributed by atoms with Crippen molar-refractivity contribution in [1.29, 1.82) is 0 Å². The lowest BCUT2D eigenvalue weighted by molar-refractivity contribution is 0.0600. The topological polar surface area (TPSA) is 46.5 Å². The van der Waals surface area contributed by atoms with E-state index in [1.165, 1.54) is 31.9 Å². The molecule has 0 amide bonds. The summed E-state index contributed by atoms with van der Waals surface area (Å²) in [5.41, 5.74) is 1.86. The molecule has 1 aromatic rings. The van der Waals surface area contributed by atoms with Gasteiger partial charge in [-0.3, -0.25) is 0 Å². The van der Waals surface area contributed by atoms with Crippen LogP contribution in [0.4, 0.5) is 0 Å². The van der Waals surface area contributed by atoms with Crippen molar-refractivity contribution < 1.29 is 14.6 Å². The Kier molecular flexibility index (Phi) is 9.06. The average Bonchev–Trinajstić information content (AvgIpc) is 2.41. The van der Waals surface area contributed by atoms with Gasteiger partial charge < -0.3 is 9.84 Å². The van der Waals surface area contributed by atoms with E-state index in [-0.39, 0.29) is 5.97 Å². The van der Waals surface area contributed by atoms with Crippen LogP contribution in [0.3, 0.4) is 0 Å². The van der Waals surface area contributed by atoms with E-state index >= 15 is 0 Å². The summed E-state index contributed by atoms with van der Waals surface area (Å²) in [5.74, 6) is -0.257. The second-order valence-electron chi connectivity index (χ2n) is 3.65. The van der Waals surface area contributed by atoms with E-state index in [4.69, 9.17) is 5.11 Å². The standard InChI is InChI=1S/C13H18O2.CH4O/c1-3-4-5-7-11-8-6-9-12(10-11)13(14)15-2;1-2/h6,8-10H,3-5,7H2,1-2H3;2H,1H3. The Balaban J connectivity index is 0.00000121. The maximum atomic E-state index is 11.3. The van der Waals surface area contributed by atoms with Gasteiger partial charge in [0.1, 0.15) is 0 Å². The monoisotopic (exact) mass is 238 g/mol. The maximum absolute atomic E-state index is 11.3. The van der Waals surface area contributed by atoms with Gasteiger partial charge in [0, 0.05) is 7.11 Å². The highest BCUT2D eigenvalue weighted by atomic mass is 16.5. The minimum atomic E-state index is -0.257. The number of esters is 1. The van der Waals surface area contributed by atoms with Gasteiger partial charge >= 0.3 is 5.97 Å². The molecule has 17 heavy (non-hydrogen) atoms. The zero-order valence-corrected chi connectivity index (χ0v) is 10.9. The molecule has 96 valence electrons. The molecule has 1 aromatic carbocycles. The van der Waals surface area contributed by atoms with Crippen LogP contribution in [0.5, 0.6) is 0 Å². The van der Waals surface area contributed by atoms with Crippen LogP contribution in [-0.2, 0) is 11.2 Å². The molecule has 0 atom stereocenters. The van der Waals surface area contributed by atoms with Crippen LogP contribution >= 0.6 is 0 Å². The van der Waals surface area contributed by atoms with Crippen molar-refractivity contribution in [2.45, 2.75) is 32.6 Å². The highest BCUT2D eigenvalue weighted by Crippen LogP contribution is 2.10. The second kappa shape index (κ2) is 9.85. The smallest absolute Gasteiger partial charge is 0.337 e. The molecule has 0 bridgehead atoms. The van der Waals surface area contributed by atoms with Gasteiger partial charge in [0.25, 0.3) is 0 Å². The number of benzene rings is 1. The normalized spacial score (nSPS) is 9.18. The summed E-state index contributed by atoms with van der Waals surface area (Å²) >= 11 is 0. The summed E-state index contributed by atoms with van der Waals surface area (Å²) in [6.45, 7) is 2.19. The first-order chi connectivity index (χ1) is 8.27. The van der Waals surface area contributed by atoms with Crippen LogP contribution in [0, 0.1) is 0 Å². The quantitative estimate of drug-likeness (QED) is 0.634.